The van der Waals surface area contributed by atoms with Gasteiger partial charge in [-0.3, -0.25) is 0 Å². The Balaban J connectivity index is 1.94. The van der Waals surface area contributed by atoms with E-state index >= 15 is 0 Å². The molecule has 2 fully saturated rings. The maximum absolute atomic E-state index is 11.9. The van der Waals surface area contributed by atoms with Crippen molar-refractivity contribution in [2.75, 3.05) is 6.61 Å². The van der Waals surface area contributed by atoms with Gasteiger partial charge in [0.25, 0.3) is 0 Å². The molecule has 0 bridgehead atoms. The van der Waals surface area contributed by atoms with E-state index in [4.69, 9.17) is 9.47 Å². The number of carbonyl (C=O) groups excluding carboxylic acids is 1. The molecule has 2 aliphatic heterocycles. The van der Waals surface area contributed by atoms with E-state index in [1.54, 1.807) is 0 Å². The van der Waals surface area contributed by atoms with Crippen LogP contribution in [0.2, 0.25) is 0 Å². The fourth-order valence-corrected chi connectivity index (χ4v) is 4.85. The number of cyclic esters (lactones) is 1. The summed E-state index contributed by atoms with van der Waals surface area (Å²) in [6.07, 6.45) is 0.00112. The summed E-state index contributed by atoms with van der Waals surface area (Å²) in [4.78, 5) is 11.9. The highest BCUT2D eigenvalue weighted by molar-refractivity contribution is 5.94. The summed E-state index contributed by atoms with van der Waals surface area (Å²) >= 11 is 0. The molecule has 0 aromatic carbocycles. The van der Waals surface area contributed by atoms with Crippen molar-refractivity contribution >= 4 is 5.97 Å². The average Bonchev–Trinajstić information content (AvgIpc) is 2.96. The zero-order chi connectivity index (χ0) is 14.5. The number of aliphatic hydroxyl groups is 2. The average molecular weight is 280 g/mol. The number of rotatable bonds is 0. The first kappa shape index (κ1) is 12.8. The third-order valence-electron chi connectivity index (χ3n) is 5.76. The molecule has 5 nitrogen and oxygen atoms in total. The summed E-state index contributed by atoms with van der Waals surface area (Å²) in [5.41, 5.74) is -0.998. The molecule has 110 valence electrons. The highest BCUT2D eigenvalue weighted by Crippen LogP contribution is 2.71. The molecule has 0 unspecified atom stereocenters. The topological polar surface area (TPSA) is 79.3 Å². The molecule has 2 aliphatic carbocycles. The lowest BCUT2D eigenvalue weighted by Crippen LogP contribution is -2.49. The minimum Gasteiger partial charge on any atom is -0.458 e. The number of aliphatic hydroxyl groups excluding tert-OH is 1. The van der Waals surface area contributed by atoms with Crippen LogP contribution in [0.25, 0.3) is 0 Å². The first-order valence-corrected chi connectivity index (χ1v) is 7.23. The van der Waals surface area contributed by atoms with Crippen molar-refractivity contribution in [3.05, 3.63) is 11.1 Å². The van der Waals surface area contributed by atoms with Crippen molar-refractivity contribution in [1.82, 2.24) is 0 Å². The van der Waals surface area contributed by atoms with Crippen LogP contribution >= 0.6 is 0 Å². The number of carbonyl (C=O) groups is 1. The molecule has 4 rings (SSSR count). The van der Waals surface area contributed by atoms with Gasteiger partial charge in [0, 0.05) is 5.57 Å². The summed E-state index contributed by atoms with van der Waals surface area (Å²) < 4.78 is 11.1. The van der Waals surface area contributed by atoms with E-state index in [0.717, 1.165) is 0 Å². The molecular formula is C15H20O5. The Labute approximate surface area is 117 Å². The molecule has 4 aliphatic rings. The maximum atomic E-state index is 11.9. The molecule has 5 atom stereocenters. The van der Waals surface area contributed by atoms with Crippen molar-refractivity contribution in [1.29, 1.82) is 0 Å². The summed E-state index contributed by atoms with van der Waals surface area (Å²) in [5.74, 6) is -0.597. The highest BCUT2D eigenvalue weighted by atomic mass is 16.6. The van der Waals surface area contributed by atoms with Crippen LogP contribution in [0.5, 0.6) is 0 Å². The van der Waals surface area contributed by atoms with Gasteiger partial charge in [-0.25, -0.2) is 4.79 Å². The van der Waals surface area contributed by atoms with Crippen LogP contribution in [0.15, 0.2) is 11.1 Å². The lowest BCUT2D eigenvalue weighted by molar-refractivity contribution is -0.138. The van der Waals surface area contributed by atoms with Crippen LogP contribution < -0.4 is 0 Å². The first-order valence-electron chi connectivity index (χ1n) is 7.23. The molecule has 1 saturated heterocycles. The Bertz CT molecular complexity index is 550. The molecular weight excluding hydrogens is 260 g/mol. The molecule has 0 radical (unpaired) electrons. The molecule has 20 heavy (non-hydrogen) atoms. The Hall–Kier alpha value is -0.910. The van der Waals surface area contributed by atoms with E-state index < -0.39 is 23.3 Å². The SMILES string of the molecule is C[C@@H]1C[C@H](O)C2=C(COC2=O)[C@]23O[C@H]2C(C)(C)C[C@]13O. The Morgan fingerprint density at radius 3 is 2.70 bits per heavy atom. The van der Waals surface area contributed by atoms with E-state index in [1.165, 1.54) is 0 Å². The summed E-state index contributed by atoms with van der Waals surface area (Å²) in [5, 5.41) is 21.6. The van der Waals surface area contributed by atoms with E-state index in [-0.39, 0.29) is 24.0 Å². The number of ether oxygens (including phenoxy) is 2. The molecule has 0 amide bonds. The van der Waals surface area contributed by atoms with Gasteiger partial charge in [0.15, 0.2) is 0 Å². The minimum absolute atomic E-state index is 0.104. The molecule has 2 heterocycles. The van der Waals surface area contributed by atoms with Gasteiger partial charge in [-0.15, -0.1) is 0 Å². The van der Waals surface area contributed by atoms with Gasteiger partial charge < -0.3 is 19.7 Å². The highest BCUT2D eigenvalue weighted by Gasteiger charge is 2.83. The maximum Gasteiger partial charge on any atom is 0.337 e. The normalized spacial score (nSPS) is 52.0. The first-order chi connectivity index (χ1) is 9.24. The van der Waals surface area contributed by atoms with E-state index in [9.17, 15) is 15.0 Å². The Kier molecular flexibility index (Phi) is 2.10. The lowest BCUT2D eigenvalue weighted by atomic mass is 9.75. The monoisotopic (exact) mass is 280 g/mol. The Morgan fingerprint density at radius 1 is 1.35 bits per heavy atom. The zero-order valence-electron chi connectivity index (χ0n) is 12.0. The van der Waals surface area contributed by atoms with E-state index in [0.29, 0.717) is 24.0 Å². The standard InChI is InChI=1S/C15H20O5/c1-7-4-9(16)10-8(5-19-11(10)17)15-12(20-15)13(2,3)6-14(7,15)18/h7,9,12,16,18H,4-6H2,1-3H3/t7-,9+,12+,14+,15+/m1/s1. The van der Waals surface area contributed by atoms with Crippen LogP contribution in [0.4, 0.5) is 0 Å². The van der Waals surface area contributed by atoms with Crippen LogP contribution in [0.1, 0.15) is 33.6 Å². The predicted molar refractivity (Wildman–Crippen MR) is 68.7 cm³/mol. The van der Waals surface area contributed by atoms with Gasteiger partial charge in [0.05, 0.1) is 11.7 Å². The molecule has 2 N–H and O–H groups in total. The number of epoxide rings is 1. The largest absolute Gasteiger partial charge is 0.458 e. The summed E-state index contributed by atoms with van der Waals surface area (Å²) in [6.45, 7) is 6.23. The Morgan fingerprint density at radius 2 is 2.05 bits per heavy atom. The van der Waals surface area contributed by atoms with Crippen molar-refractivity contribution in [2.45, 2.75) is 57.0 Å². The van der Waals surface area contributed by atoms with Gasteiger partial charge in [0.1, 0.15) is 23.9 Å². The summed E-state index contributed by atoms with van der Waals surface area (Å²) in [6, 6.07) is 0. The number of hydrogen-bond acceptors (Lipinski definition) is 5. The third kappa shape index (κ3) is 1.15. The zero-order valence-corrected chi connectivity index (χ0v) is 12.0. The van der Waals surface area contributed by atoms with Gasteiger partial charge in [-0.05, 0) is 24.2 Å². The fraction of sp³-hybridized carbons (Fsp3) is 0.800. The second-order valence-electron chi connectivity index (χ2n) is 7.44. The van der Waals surface area contributed by atoms with Gasteiger partial charge in [-0.2, -0.15) is 0 Å². The molecule has 1 saturated carbocycles. The number of hydrogen-bond donors (Lipinski definition) is 2. The van der Waals surface area contributed by atoms with E-state index in [1.807, 2.05) is 6.92 Å². The van der Waals surface area contributed by atoms with Gasteiger partial charge in [0.2, 0.25) is 0 Å². The lowest BCUT2D eigenvalue weighted by Gasteiger charge is -2.38. The second-order valence-corrected chi connectivity index (χ2v) is 7.44. The van der Waals surface area contributed by atoms with Gasteiger partial charge in [-0.1, -0.05) is 20.8 Å². The molecule has 5 heteroatoms. The van der Waals surface area contributed by atoms with Crippen molar-refractivity contribution in [2.24, 2.45) is 11.3 Å². The molecule has 1 spiro atoms. The van der Waals surface area contributed by atoms with Gasteiger partial charge >= 0.3 is 5.97 Å². The van der Waals surface area contributed by atoms with Crippen molar-refractivity contribution in [3.8, 4) is 0 Å². The van der Waals surface area contributed by atoms with Crippen LogP contribution in [0, 0.1) is 11.3 Å². The second kappa shape index (κ2) is 3.29. The predicted octanol–water partition coefficient (Wildman–Crippen LogP) is 0.539. The third-order valence-corrected chi connectivity index (χ3v) is 5.76. The van der Waals surface area contributed by atoms with E-state index in [2.05, 4.69) is 13.8 Å². The van der Waals surface area contributed by atoms with Crippen LogP contribution in [0.3, 0.4) is 0 Å². The van der Waals surface area contributed by atoms with Crippen LogP contribution in [-0.2, 0) is 14.3 Å². The molecule has 0 aromatic rings. The fourth-order valence-electron chi connectivity index (χ4n) is 4.85. The summed E-state index contributed by atoms with van der Waals surface area (Å²) in [7, 11) is 0. The van der Waals surface area contributed by atoms with Crippen molar-refractivity contribution in [3.63, 3.8) is 0 Å². The number of esters is 1. The molecule has 0 aromatic heterocycles. The minimum atomic E-state index is -1.03. The smallest absolute Gasteiger partial charge is 0.337 e. The quantitative estimate of drug-likeness (QED) is 0.500. The van der Waals surface area contributed by atoms with Crippen LogP contribution in [-0.4, -0.2) is 46.2 Å². The van der Waals surface area contributed by atoms with Crippen molar-refractivity contribution < 1.29 is 24.5 Å².